The molecule has 3 heteroatoms. The van der Waals surface area contributed by atoms with Gasteiger partial charge in [-0.15, -0.1) is 0 Å². The van der Waals surface area contributed by atoms with Gasteiger partial charge in [0, 0.05) is 11.3 Å². The van der Waals surface area contributed by atoms with Crippen LogP contribution in [0.2, 0.25) is 5.15 Å². The second kappa shape index (κ2) is 3.17. The van der Waals surface area contributed by atoms with Crippen LogP contribution in [-0.2, 0) is 0 Å². The van der Waals surface area contributed by atoms with Crippen molar-refractivity contribution in [2.45, 2.75) is 18.8 Å². The zero-order chi connectivity index (χ0) is 10.4. The maximum Gasteiger partial charge on any atom is 0.129 e. The van der Waals surface area contributed by atoms with Gasteiger partial charge in [0.1, 0.15) is 11.0 Å². The molecule has 0 aliphatic heterocycles. The quantitative estimate of drug-likeness (QED) is 0.666. The number of benzene rings is 1. The third kappa shape index (κ3) is 1.59. The molecule has 3 rings (SSSR count). The van der Waals surface area contributed by atoms with Crippen molar-refractivity contribution in [1.29, 1.82) is 0 Å². The first-order chi connectivity index (χ1) is 7.24. The van der Waals surface area contributed by atoms with Gasteiger partial charge in [-0.1, -0.05) is 11.6 Å². The van der Waals surface area contributed by atoms with Gasteiger partial charge in [0.2, 0.25) is 0 Å². The molecule has 0 N–H and O–H groups in total. The number of pyridine rings is 1. The number of hydrogen-bond donors (Lipinski definition) is 0. The van der Waals surface area contributed by atoms with E-state index < -0.39 is 0 Å². The molecule has 1 aliphatic rings. The van der Waals surface area contributed by atoms with E-state index in [9.17, 15) is 4.39 Å². The standard InChI is InChI=1S/C12H9ClFN/c13-11-6-8-5-9(14)3-4-10(8)12(15-11)7-1-2-7/h3-7H,1-2H2. The average molecular weight is 222 g/mol. The highest BCUT2D eigenvalue weighted by atomic mass is 35.5. The summed E-state index contributed by atoms with van der Waals surface area (Å²) in [5.74, 6) is 0.295. The largest absolute Gasteiger partial charge is 0.240 e. The van der Waals surface area contributed by atoms with Crippen molar-refractivity contribution in [3.05, 3.63) is 40.9 Å². The van der Waals surface area contributed by atoms with Gasteiger partial charge in [-0.3, -0.25) is 0 Å². The van der Waals surface area contributed by atoms with E-state index in [1.807, 2.05) is 0 Å². The van der Waals surface area contributed by atoms with E-state index in [1.165, 1.54) is 25.0 Å². The van der Waals surface area contributed by atoms with E-state index in [0.717, 1.165) is 16.5 Å². The van der Waals surface area contributed by atoms with Gasteiger partial charge >= 0.3 is 0 Å². The van der Waals surface area contributed by atoms with Crippen LogP contribution in [0.1, 0.15) is 24.5 Å². The Morgan fingerprint density at radius 2 is 2.07 bits per heavy atom. The smallest absolute Gasteiger partial charge is 0.129 e. The first-order valence-corrected chi connectivity index (χ1v) is 5.37. The van der Waals surface area contributed by atoms with Crippen LogP contribution in [0.5, 0.6) is 0 Å². The first-order valence-electron chi connectivity index (χ1n) is 5.00. The van der Waals surface area contributed by atoms with E-state index in [0.29, 0.717) is 11.1 Å². The summed E-state index contributed by atoms with van der Waals surface area (Å²) >= 11 is 5.91. The third-order valence-electron chi connectivity index (χ3n) is 2.76. The topological polar surface area (TPSA) is 12.9 Å². The molecule has 0 radical (unpaired) electrons. The fourth-order valence-electron chi connectivity index (χ4n) is 1.89. The minimum absolute atomic E-state index is 0.230. The van der Waals surface area contributed by atoms with E-state index in [4.69, 9.17) is 11.6 Å². The zero-order valence-corrected chi connectivity index (χ0v) is 8.76. The fourth-order valence-corrected chi connectivity index (χ4v) is 2.10. The maximum atomic E-state index is 13.1. The SMILES string of the molecule is Fc1ccc2c(C3CC3)nc(Cl)cc2c1. The second-order valence-electron chi connectivity index (χ2n) is 3.97. The summed E-state index contributed by atoms with van der Waals surface area (Å²) in [6.45, 7) is 0. The molecule has 1 aromatic carbocycles. The summed E-state index contributed by atoms with van der Waals surface area (Å²) in [6, 6.07) is 6.49. The van der Waals surface area contributed by atoms with Crippen LogP contribution >= 0.6 is 11.6 Å². The summed E-state index contributed by atoms with van der Waals surface area (Å²) < 4.78 is 13.1. The van der Waals surface area contributed by atoms with E-state index in [1.54, 1.807) is 12.1 Å². The molecule has 1 nitrogen and oxygen atoms in total. The molecule has 0 unspecified atom stereocenters. The Bertz CT molecular complexity index is 529. The molecule has 2 aromatic rings. The normalized spacial score (nSPS) is 15.9. The van der Waals surface area contributed by atoms with Crippen LogP contribution < -0.4 is 0 Å². The van der Waals surface area contributed by atoms with Crippen molar-refractivity contribution < 1.29 is 4.39 Å². The molecule has 0 atom stereocenters. The molecule has 1 fully saturated rings. The molecular weight excluding hydrogens is 213 g/mol. The van der Waals surface area contributed by atoms with Gasteiger partial charge in [0.25, 0.3) is 0 Å². The highest BCUT2D eigenvalue weighted by Crippen LogP contribution is 2.42. The van der Waals surface area contributed by atoms with E-state index in [2.05, 4.69) is 4.98 Å². The van der Waals surface area contributed by atoms with Crippen molar-refractivity contribution in [2.24, 2.45) is 0 Å². The van der Waals surface area contributed by atoms with Crippen LogP contribution in [0.15, 0.2) is 24.3 Å². The summed E-state index contributed by atoms with van der Waals surface area (Å²) in [7, 11) is 0. The lowest BCUT2D eigenvalue weighted by molar-refractivity contribution is 0.629. The Morgan fingerprint density at radius 1 is 1.27 bits per heavy atom. The van der Waals surface area contributed by atoms with Crippen LogP contribution in [0.4, 0.5) is 4.39 Å². The van der Waals surface area contributed by atoms with Gasteiger partial charge in [-0.05, 0) is 42.5 Å². The molecule has 0 saturated heterocycles. The molecule has 15 heavy (non-hydrogen) atoms. The molecule has 1 heterocycles. The van der Waals surface area contributed by atoms with Crippen LogP contribution in [0.3, 0.4) is 0 Å². The Balaban J connectivity index is 2.33. The molecule has 0 spiro atoms. The number of nitrogens with zero attached hydrogens (tertiary/aromatic N) is 1. The molecule has 76 valence electrons. The lowest BCUT2D eigenvalue weighted by atomic mass is 10.1. The lowest BCUT2D eigenvalue weighted by Gasteiger charge is -2.05. The van der Waals surface area contributed by atoms with Crippen LogP contribution in [0.25, 0.3) is 10.8 Å². The molecular formula is C12H9ClFN. The molecule has 0 amide bonds. The van der Waals surface area contributed by atoms with Crippen LogP contribution in [0, 0.1) is 5.82 Å². The van der Waals surface area contributed by atoms with E-state index >= 15 is 0 Å². The Kier molecular flexibility index (Phi) is 1.93. The molecule has 1 aromatic heterocycles. The number of halogens is 2. The van der Waals surface area contributed by atoms with Gasteiger partial charge in [0.05, 0.1) is 5.69 Å². The fraction of sp³-hybridized carbons (Fsp3) is 0.250. The highest BCUT2D eigenvalue weighted by molar-refractivity contribution is 6.30. The summed E-state index contributed by atoms with van der Waals surface area (Å²) in [4.78, 5) is 4.34. The van der Waals surface area contributed by atoms with Crippen molar-refractivity contribution in [3.63, 3.8) is 0 Å². The molecule has 0 bridgehead atoms. The van der Waals surface area contributed by atoms with E-state index in [-0.39, 0.29) is 5.82 Å². The minimum Gasteiger partial charge on any atom is -0.240 e. The predicted octanol–water partition coefficient (Wildman–Crippen LogP) is 3.90. The zero-order valence-electron chi connectivity index (χ0n) is 8.00. The van der Waals surface area contributed by atoms with Crippen molar-refractivity contribution in [3.8, 4) is 0 Å². The summed E-state index contributed by atoms with van der Waals surface area (Å²) in [6.07, 6.45) is 2.33. The lowest BCUT2D eigenvalue weighted by Crippen LogP contribution is -1.90. The van der Waals surface area contributed by atoms with Gasteiger partial charge in [-0.25, -0.2) is 9.37 Å². The Labute approximate surface area is 91.9 Å². The summed E-state index contributed by atoms with van der Waals surface area (Å²) in [5, 5.41) is 2.33. The second-order valence-corrected chi connectivity index (χ2v) is 4.36. The first kappa shape index (κ1) is 9.10. The van der Waals surface area contributed by atoms with Crippen LogP contribution in [-0.4, -0.2) is 4.98 Å². The van der Waals surface area contributed by atoms with Crippen molar-refractivity contribution in [1.82, 2.24) is 4.98 Å². The molecule has 1 aliphatic carbocycles. The Morgan fingerprint density at radius 3 is 2.80 bits per heavy atom. The van der Waals surface area contributed by atoms with Gasteiger partial charge in [0.15, 0.2) is 0 Å². The predicted molar refractivity (Wildman–Crippen MR) is 58.7 cm³/mol. The number of hydrogen-bond acceptors (Lipinski definition) is 1. The summed E-state index contributed by atoms with van der Waals surface area (Å²) in [5.41, 5.74) is 1.03. The van der Waals surface area contributed by atoms with Gasteiger partial charge in [-0.2, -0.15) is 0 Å². The Hall–Kier alpha value is -1.15. The van der Waals surface area contributed by atoms with Crippen molar-refractivity contribution in [2.75, 3.05) is 0 Å². The number of rotatable bonds is 1. The minimum atomic E-state index is -0.230. The maximum absolute atomic E-state index is 13.1. The van der Waals surface area contributed by atoms with Gasteiger partial charge < -0.3 is 0 Å². The monoisotopic (exact) mass is 221 g/mol. The number of fused-ring (bicyclic) bond motifs is 1. The average Bonchev–Trinajstić information content (AvgIpc) is 2.98. The molecule has 1 saturated carbocycles. The highest BCUT2D eigenvalue weighted by Gasteiger charge is 2.27. The van der Waals surface area contributed by atoms with Crippen molar-refractivity contribution >= 4 is 22.4 Å². The third-order valence-corrected chi connectivity index (χ3v) is 2.95. The number of aromatic nitrogens is 1.